The average Bonchev–Trinajstić information content (AvgIpc) is 1.69. The van der Waals surface area contributed by atoms with Gasteiger partial charge in [0.15, 0.2) is 0 Å². The van der Waals surface area contributed by atoms with Gasteiger partial charge in [-0.3, -0.25) is 12.9 Å². The molecule has 0 radical (unpaired) electrons. The summed E-state index contributed by atoms with van der Waals surface area (Å²) >= 11 is 0. The Morgan fingerprint density at radius 3 is 0.722 bits per heavy atom. The molecule has 0 spiro atoms. The van der Waals surface area contributed by atoms with Crippen molar-refractivity contribution in [2.24, 2.45) is 0 Å². The maximum atomic E-state index is 9.67. The number of halogens is 4. The van der Waals surface area contributed by atoms with Gasteiger partial charge in [-0.1, -0.05) is 0 Å². The lowest BCUT2D eigenvalue weighted by Gasteiger charge is -2.42. The van der Waals surface area contributed by atoms with Crippen molar-refractivity contribution in [1.29, 1.82) is 0 Å². The van der Waals surface area contributed by atoms with Gasteiger partial charge in [-0.15, -0.1) is 0 Å². The van der Waals surface area contributed by atoms with Crippen LogP contribution in [0.3, 0.4) is 0 Å². The molecule has 0 N–H and O–H groups in total. The number of rotatable bonds is 0. The summed E-state index contributed by atoms with van der Waals surface area (Å²) in [5.41, 5.74) is 0. The van der Waals surface area contributed by atoms with Gasteiger partial charge in [-0.25, -0.2) is 0 Å². The summed E-state index contributed by atoms with van der Waals surface area (Å²) in [6, 6.07) is 0. The van der Waals surface area contributed by atoms with E-state index in [2.05, 4.69) is 62.3 Å². The molecule has 0 aliphatic rings. The summed E-state index contributed by atoms with van der Waals surface area (Å²) < 4.78 is 29.0. The quantitative estimate of drug-likeness (QED) is 0.365. The molecule has 6 heteroatoms. The number of hydrogen-bond acceptors (Lipinski definition) is 0. The van der Waals surface area contributed by atoms with E-state index in [9.17, 15) is 12.9 Å². The van der Waals surface area contributed by atoms with Crippen LogP contribution in [-0.2, 0) is 0 Å². The van der Waals surface area contributed by atoms with Crippen LogP contribution in [0.2, 0.25) is 0 Å². The maximum absolute atomic E-state index is 9.67. The van der Waals surface area contributed by atoms with Gasteiger partial charge in [0, 0.05) is 7.92 Å². The lowest BCUT2D eigenvalue weighted by molar-refractivity contribution is -0.00000767. The summed E-state index contributed by atoms with van der Waals surface area (Å²) in [6.45, 7) is 21.6. The van der Waals surface area contributed by atoms with Gasteiger partial charge in [0.2, 0.25) is 0 Å². The Labute approximate surface area is 111 Å². The van der Waals surface area contributed by atoms with Crippen molar-refractivity contribution in [3.63, 3.8) is 0 Å². The fourth-order valence-corrected chi connectivity index (χ4v) is 10.1. The van der Waals surface area contributed by atoms with Gasteiger partial charge in [0.25, 0.3) is 0 Å². The second-order valence-corrected chi connectivity index (χ2v) is 12.6. The van der Waals surface area contributed by atoms with Crippen LogP contribution in [0.5, 0.6) is 0 Å². The highest BCUT2D eigenvalue weighted by molar-refractivity contribution is 7.62. The molecular formula is C12H28BF4P. The largest absolute Gasteiger partial charge is 1.00 e. The molecule has 0 saturated heterocycles. The molecule has 0 aromatic rings. The predicted molar refractivity (Wildman–Crippen MR) is 76.7 cm³/mol. The van der Waals surface area contributed by atoms with Gasteiger partial charge in [0.1, 0.15) is 0 Å². The van der Waals surface area contributed by atoms with Crippen LogP contribution in [0, 0.1) is 0 Å². The smallest absolute Gasteiger partial charge is 0.762 e. The van der Waals surface area contributed by atoms with E-state index in [0.717, 1.165) is 0 Å². The van der Waals surface area contributed by atoms with E-state index < -0.39 is 15.5 Å². The Kier molecular flexibility index (Phi) is 10.00. The molecule has 0 aliphatic heterocycles. The van der Waals surface area contributed by atoms with E-state index in [1.54, 1.807) is 0 Å². The van der Waals surface area contributed by atoms with Crippen molar-refractivity contribution in [1.82, 2.24) is 0 Å². The first-order valence-corrected chi connectivity index (χ1v) is 7.40. The minimum atomic E-state index is -3.67. The highest BCUT2D eigenvalue weighted by Crippen LogP contribution is 2.66. The Morgan fingerprint density at radius 2 is 0.722 bits per heavy atom. The van der Waals surface area contributed by atoms with Crippen LogP contribution >= 0.6 is 7.92 Å². The van der Waals surface area contributed by atoms with Crippen molar-refractivity contribution in [3.8, 4) is 0 Å². The molecule has 0 nitrogen and oxygen atoms in total. The average molecular weight is 290 g/mol. The van der Waals surface area contributed by atoms with Crippen LogP contribution in [-0.4, -0.2) is 23.0 Å². The van der Waals surface area contributed by atoms with E-state index in [1.807, 2.05) is 0 Å². The van der Waals surface area contributed by atoms with Gasteiger partial charge >= 0.3 is 7.54 Å². The molecule has 0 aromatic heterocycles. The third-order valence-corrected chi connectivity index (χ3v) is 6.75. The molecule has 0 fully saturated rings. The lowest BCUT2D eigenvalue weighted by Crippen LogP contribution is -3.00. The van der Waals surface area contributed by atoms with E-state index in [1.165, 1.54) is 0 Å². The monoisotopic (exact) mass is 290 g/mol. The Balaban J connectivity index is -0.000000392. The van der Waals surface area contributed by atoms with Crippen LogP contribution in [0.4, 0.5) is 12.9 Å². The molecule has 0 amide bonds. The van der Waals surface area contributed by atoms with E-state index in [-0.39, 0.29) is 4.70 Å². The molecule has 0 bridgehead atoms. The summed E-state index contributed by atoms with van der Waals surface area (Å²) in [4.78, 5) is 0. The fourth-order valence-electron chi connectivity index (χ4n) is 3.38. The summed E-state index contributed by atoms with van der Waals surface area (Å²) in [5, 5.41) is 1.46. The molecule has 0 heterocycles. The van der Waals surface area contributed by atoms with Gasteiger partial charge in [-0.05, 0) is 62.3 Å². The molecule has 0 unspecified atom stereocenters. The summed E-state index contributed by atoms with van der Waals surface area (Å²) in [7, 11) is -4.06. The first kappa shape index (κ1) is 23.3. The highest BCUT2D eigenvalue weighted by Gasteiger charge is 2.49. The van der Waals surface area contributed by atoms with Gasteiger partial charge in [-0.2, -0.15) is 0 Å². The van der Waals surface area contributed by atoms with Gasteiger partial charge in [0.05, 0.1) is 15.5 Å². The second-order valence-electron chi connectivity index (χ2n) is 7.37. The molecule has 0 aromatic carbocycles. The Bertz CT molecular complexity index is 178. The van der Waals surface area contributed by atoms with Crippen molar-refractivity contribution in [2.45, 2.75) is 77.8 Å². The molecule has 0 saturated carbocycles. The highest BCUT2D eigenvalue weighted by atomic mass is 31.1. The van der Waals surface area contributed by atoms with Crippen LogP contribution in [0.25, 0.3) is 0 Å². The topological polar surface area (TPSA) is 0 Å². The van der Waals surface area contributed by atoms with Crippen molar-refractivity contribution >= 4 is 15.5 Å². The zero-order chi connectivity index (χ0) is 14.7. The number of hydrogen-bond donors (Lipinski definition) is 0. The maximum Gasteiger partial charge on any atom is 0.762 e. The van der Waals surface area contributed by atoms with Crippen LogP contribution in [0.15, 0.2) is 0 Å². The van der Waals surface area contributed by atoms with Crippen molar-refractivity contribution in [2.75, 3.05) is 0 Å². The van der Waals surface area contributed by atoms with E-state index >= 15 is 0 Å². The molecular weight excluding hydrogens is 262 g/mol. The third-order valence-electron chi connectivity index (χ3n) is 2.25. The summed E-state index contributed by atoms with van der Waals surface area (Å²) in [5.74, 6) is 0. The van der Waals surface area contributed by atoms with Crippen molar-refractivity contribution < 1.29 is 17.7 Å². The minimum Gasteiger partial charge on any atom is -1.00 e. The molecule has 0 aliphatic carbocycles. The minimum absolute atomic E-state index is 0. The normalized spacial score (nSPS) is 12.5. The molecule has 0 atom stereocenters. The van der Waals surface area contributed by atoms with Crippen LogP contribution in [0.1, 0.15) is 62.3 Å². The first-order chi connectivity index (χ1) is 7.10. The molecule has 18 heavy (non-hydrogen) atoms. The Morgan fingerprint density at radius 1 is 0.611 bits per heavy atom. The first-order valence-electron chi connectivity index (χ1n) is 5.90. The molecule has 112 valence electrons. The fraction of sp³-hybridized carbons (Fsp3) is 1.00. The lowest BCUT2D eigenvalue weighted by atomic mass is 10.2. The second kappa shape index (κ2) is 7.72. The zero-order valence-corrected chi connectivity index (χ0v) is 14.1. The third kappa shape index (κ3) is 11.3. The van der Waals surface area contributed by atoms with Crippen LogP contribution < -0.4 is 4.70 Å². The van der Waals surface area contributed by atoms with Gasteiger partial charge < -0.3 is 4.70 Å². The standard InChI is InChI=1S/C12H27P.BF3.FH/c1-10(2,3)13(11(4,5)6)12(7,8)9;2-1(3)4;/h1-9H3;;1H. The van der Waals surface area contributed by atoms with E-state index in [0.29, 0.717) is 15.5 Å². The SMILES string of the molecule is CC(C)(C)[PH+](C(C)(C)C)C(C)(C)C.FB(F)F.[F-]. The zero-order valence-electron chi connectivity index (χ0n) is 13.1. The van der Waals surface area contributed by atoms with Crippen molar-refractivity contribution in [3.05, 3.63) is 0 Å². The molecule has 0 rings (SSSR count). The summed E-state index contributed by atoms with van der Waals surface area (Å²) in [6.07, 6.45) is 0. The Hall–Kier alpha value is 0.215. The van der Waals surface area contributed by atoms with E-state index in [4.69, 9.17) is 0 Å². The predicted octanol–water partition coefficient (Wildman–Crippen LogP) is 2.48.